The highest BCUT2D eigenvalue weighted by Crippen LogP contribution is 2.50. The molecule has 7 heterocycles. The molecule has 18 rings (SSSR count). The molecule has 0 atom stereocenters. The van der Waals surface area contributed by atoms with Crippen molar-refractivity contribution in [3.8, 4) is 78.6 Å². The molecule has 11 aromatic carbocycles. The van der Waals surface area contributed by atoms with Crippen molar-refractivity contribution in [2.24, 2.45) is 0 Å². The van der Waals surface area contributed by atoms with Gasteiger partial charge in [0.05, 0.1) is 55.2 Å². The van der Waals surface area contributed by atoms with Gasteiger partial charge in [0, 0.05) is 50.3 Å². The number of aromatic nitrogens is 7. The first kappa shape index (κ1) is 51.3. The summed E-state index contributed by atoms with van der Waals surface area (Å²) in [5.74, 6) is 1.49. The van der Waals surface area contributed by atoms with E-state index in [4.69, 9.17) is 15.0 Å². The Kier molecular flexibility index (Phi) is 11.6. The van der Waals surface area contributed by atoms with E-state index < -0.39 is 0 Å². The summed E-state index contributed by atoms with van der Waals surface area (Å²) in [6, 6.07) is 104. The zero-order valence-electron chi connectivity index (χ0n) is 49.4. The van der Waals surface area contributed by atoms with Crippen LogP contribution < -0.4 is 0 Å². The molecule has 18 aromatic rings. The van der Waals surface area contributed by atoms with Gasteiger partial charge in [-0.1, -0.05) is 211 Å². The average Bonchev–Trinajstić information content (AvgIpc) is 1.50. The van der Waals surface area contributed by atoms with Gasteiger partial charge in [-0.15, -0.1) is 0 Å². The Bertz CT molecular complexity index is 5250. The monoisotopic (exact) mass is 1150 g/mol. The van der Waals surface area contributed by atoms with Crippen molar-refractivity contribution in [1.82, 2.24) is 33.2 Å². The number of rotatable bonds is 9. The Labute approximate surface area is 518 Å². The van der Waals surface area contributed by atoms with E-state index in [2.05, 4.69) is 317 Å². The minimum absolute atomic E-state index is 0.744. The molecule has 0 fully saturated rings. The van der Waals surface area contributed by atoms with Crippen LogP contribution in [0.5, 0.6) is 0 Å². The third-order valence-corrected chi connectivity index (χ3v) is 18.3. The lowest BCUT2D eigenvalue weighted by atomic mass is 9.96. The molecule has 7 heteroatoms. The number of benzene rings is 11. The van der Waals surface area contributed by atoms with Crippen LogP contribution in [-0.2, 0) is 0 Å². The number of aryl methyl sites for hydroxylation is 2. The molecule has 0 aliphatic carbocycles. The van der Waals surface area contributed by atoms with Crippen LogP contribution in [0.3, 0.4) is 0 Å². The lowest BCUT2D eigenvalue weighted by Crippen LogP contribution is -2.16. The number of hydrogen-bond acceptors (Lipinski definition) is 3. The lowest BCUT2D eigenvalue weighted by Gasteiger charge is -2.27. The van der Waals surface area contributed by atoms with Crippen molar-refractivity contribution >= 4 is 87.5 Å². The first-order valence-corrected chi connectivity index (χ1v) is 30.7. The molecule has 0 radical (unpaired) electrons. The van der Waals surface area contributed by atoms with Crippen molar-refractivity contribution in [2.45, 2.75) is 13.8 Å². The molecule has 0 N–H and O–H groups in total. The van der Waals surface area contributed by atoms with Crippen LogP contribution in [0.2, 0.25) is 0 Å². The molecule has 0 saturated heterocycles. The number of para-hydroxylation sites is 2. The van der Waals surface area contributed by atoms with Gasteiger partial charge in [0.25, 0.3) is 0 Å². The quantitative estimate of drug-likeness (QED) is 0.145. The molecule has 0 amide bonds. The van der Waals surface area contributed by atoms with Gasteiger partial charge >= 0.3 is 0 Å². The van der Waals surface area contributed by atoms with Gasteiger partial charge in [-0.3, -0.25) is 19.1 Å². The van der Waals surface area contributed by atoms with Gasteiger partial charge in [0.2, 0.25) is 0 Å². The zero-order valence-corrected chi connectivity index (χ0v) is 49.4. The summed E-state index contributed by atoms with van der Waals surface area (Å²) >= 11 is 0. The Morgan fingerprint density at radius 2 is 0.544 bits per heavy atom. The molecular weight excluding hydrogens is 1090 g/mol. The largest absolute Gasteiger partial charge is 0.305 e. The molecule has 0 aliphatic heterocycles. The smallest absolute Gasteiger partial charge is 0.165 e. The fourth-order valence-corrected chi connectivity index (χ4v) is 14.5. The second kappa shape index (κ2) is 20.3. The van der Waals surface area contributed by atoms with Gasteiger partial charge in [-0.2, -0.15) is 0 Å². The number of fused-ring (bicyclic) bond motifs is 12. The first-order valence-electron chi connectivity index (χ1n) is 30.7. The Balaban J connectivity index is 1.11. The molecule has 7 nitrogen and oxygen atoms in total. The predicted molar refractivity (Wildman–Crippen MR) is 374 cm³/mol. The van der Waals surface area contributed by atoms with Gasteiger partial charge in [0.15, 0.2) is 11.6 Å². The lowest BCUT2D eigenvalue weighted by molar-refractivity contribution is 0.960. The predicted octanol–water partition coefficient (Wildman–Crippen LogP) is 21.2. The van der Waals surface area contributed by atoms with Crippen LogP contribution in [0.4, 0.5) is 0 Å². The fraction of sp³-hybridized carbons (Fsp3) is 0.0241. The standard InChI is InChI=1S/C83H55N7/c1-52-45-53(2)47-62(46-52)77-80(87-71-39-35-58(54-21-7-3-8-22-54)48-65(71)66-49-59(36-40-72(66)87)55-23-9-4-10-24-55)82(89-69-31-17-15-29-63(69)78-75(89)33-19-43-84-78)86-83(90-70-32-18-16-30-64(70)79-76(90)34-20-44-85-79)81(77)88-73-41-37-60(56-25-11-5-12-26-56)50-67(73)68-51-61(38-42-74(68)88)57-27-13-6-14-28-57/h3-51H,1-2H3. The van der Waals surface area contributed by atoms with E-state index in [1.54, 1.807) is 0 Å². The van der Waals surface area contributed by atoms with Gasteiger partial charge in [0.1, 0.15) is 11.4 Å². The number of pyridine rings is 3. The highest BCUT2D eigenvalue weighted by Gasteiger charge is 2.33. The summed E-state index contributed by atoms with van der Waals surface area (Å²) < 4.78 is 9.85. The van der Waals surface area contributed by atoms with Crippen molar-refractivity contribution in [3.05, 3.63) is 309 Å². The molecule has 0 unspecified atom stereocenters. The Morgan fingerprint density at radius 3 is 0.900 bits per heavy atom. The van der Waals surface area contributed by atoms with E-state index in [0.717, 1.165) is 177 Å². The molecule has 7 aromatic heterocycles. The Morgan fingerprint density at radius 1 is 0.233 bits per heavy atom. The topological polar surface area (TPSA) is 58.4 Å². The molecular formula is C83H55N7. The van der Waals surface area contributed by atoms with Crippen molar-refractivity contribution < 1.29 is 0 Å². The fourth-order valence-electron chi connectivity index (χ4n) is 14.5. The average molecular weight is 1150 g/mol. The van der Waals surface area contributed by atoms with E-state index >= 15 is 0 Å². The highest BCUT2D eigenvalue weighted by molar-refractivity contribution is 6.17. The third-order valence-electron chi connectivity index (χ3n) is 18.3. The zero-order chi connectivity index (χ0) is 59.6. The second-order valence-electron chi connectivity index (χ2n) is 23.7. The maximum absolute atomic E-state index is 6.52. The van der Waals surface area contributed by atoms with Crippen LogP contribution in [0.1, 0.15) is 11.1 Å². The molecule has 422 valence electrons. The molecule has 0 aliphatic rings. The van der Waals surface area contributed by atoms with E-state index in [9.17, 15) is 0 Å². The normalized spacial score (nSPS) is 11.9. The maximum Gasteiger partial charge on any atom is 0.165 e. The van der Waals surface area contributed by atoms with E-state index in [-0.39, 0.29) is 0 Å². The Hall–Kier alpha value is -11.9. The summed E-state index contributed by atoms with van der Waals surface area (Å²) in [5.41, 5.74) is 25.2. The maximum atomic E-state index is 6.52. The van der Waals surface area contributed by atoms with Crippen molar-refractivity contribution in [3.63, 3.8) is 0 Å². The number of hydrogen-bond donors (Lipinski definition) is 0. The second-order valence-corrected chi connectivity index (χ2v) is 23.7. The summed E-state index contributed by atoms with van der Waals surface area (Å²) in [5, 5.41) is 6.58. The summed E-state index contributed by atoms with van der Waals surface area (Å²) in [7, 11) is 0. The summed E-state index contributed by atoms with van der Waals surface area (Å²) in [6.07, 6.45) is 3.81. The van der Waals surface area contributed by atoms with E-state index in [1.807, 2.05) is 12.4 Å². The molecule has 0 bridgehead atoms. The van der Waals surface area contributed by atoms with Crippen LogP contribution in [0.15, 0.2) is 298 Å². The third kappa shape index (κ3) is 7.96. The van der Waals surface area contributed by atoms with Gasteiger partial charge in [-0.25, -0.2) is 4.98 Å². The minimum atomic E-state index is 0.744. The van der Waals surface area contributed by atoms with Crippen LogP contribution in [-0.4, -0.2) is 33.2 Å². The first-order chi connectivity index (χ1) is 44.5. The highest BCUT2D eigenvalue weighted by atomic mass is 15.2. The molecule has 0 spiro atoms. The van der Waals surface area contributed by atoms with E-state index in [0.29, 0.717) is 0 Å². The van der Waals surface area contributed by atoms with Crippen LogP contribution in [0, 0.1) is 13.8 Å². The summed E-state index contributed by atoms with van der Waals surface area (Å²) in [4.78, 5) is 16.9. The number of nitrogens with zero attached hydrogens (tertiary/aromatic N) is 7. The summed E-state index contributed by atoms with van der Waals surface area (Å²) in [6.45, 7) is 4.45. The van der Waals surface area contributed by atoms with Gasteiger partial charge in [-0.05, 0) is 149 Å². The molecule has 0 saturated carbocycles. The molecule has 90 heavy (non-hydrogen) atoms. The minimum Gasteiger partial charge on any atom is -0.305 e. The van der Waals surface area contributed by atoms with Crippen LogP contribution in [0.25, 0.3) is 166 Å². The van der Waals surface area contributed by atoms with E-state index in [1.165, 1.54) is 0 Å². The van der Waals surface area contributed by atoms with Crippen LogP contribution >= 0.6 is 0 Å². The van der Waals surface area contributed by atoms with Crippen molar-refractivity contribution in [2.75, 3.05) is 0 Å². The SMILES string of the molecule is Cc1cc(C)cc(-c2c(-n3c4ccc(-c5ccccc5)cc4c4cc(-c5ccccc5)ccc43)c(-n3c4ccccc4c4ncccc43)nc(-n3c4ccccc4c4ncccc43)c2-n2c3ccc(-c4ccccc4)cc3c3cc(-c4ccccc4)ccc32)c1. The van der Waals surface area contributed by atoms with Gasteiger partial charge < -0.3 is 9.13 Å². The van der Waals surface area contributed by atoms with Crippen molar-refractivity contribution in [1.29, 1.82) is 0 Å².